The topological polar surface area (TPSA) is 0 Å². The molecule has 0 fully saturated rings. The second-order valence-electron chi connectivity index (χ2n) is 0.339. The molecule has 0 aliphatic rings. The van der Waals surface area contributed by atoms with Crippen molar-refractivity contribution in [3.63, 3.8) is 0 Å². The van der Waals surface area contributed by atoms with E-state index in [0.29, 0.717) is 0 Å². The Hall–Kier alpha value is 0.665. The van der Waals surface area contributed by atoms with E-state index < -0.39 is 29.1 Å². The van der Waals surface area contributed by atoms with Crippen molar-refractivity contribution in [2.75, 3.05) is 0 Å². The molecule has 0 aromatic rings. The Morgan fingerprint density at radius 3 is 1.50 bits per heavy atom. The molecule has 20 valence electrons. The molecule has 0 nitrogen and oxygen atoms in total. The first-order valence-electron chi connectivity index (χ1n) is 0.732. The fraction of sp³-hybridized carbons (Fsp3) is 0. The summed E-state index contributed by atoms with van der Waals surface area (Å²) in [4.78, 5) is 0. The third-order valence-corrected chi connectivity index (χ3v) is 0. The normalized spacial score (nSPS) is 7.00. The van der Waals surface area contributed by atoms with Crippen molar-refractivity contribution in [1.29, 1.82) is 0 Å². The standard InChI is InChI=1S/CF2.Hg/c2-1-3;. The molecule has 3 heteroatoms. The van der Waals surface area contributed by atoms with Crippen LogP contribution in [0, 0.1) is 0 Å². The molecule has 0 bridgehead atoms. The number of hydrogen-bond acceptors (Lipinski definition) is 0. The summed E-state index contributed by atoms with van der Waals surface area (Å²) >= 11 is -0.395. The quantitative estimate of drug-likeness (QED) is 0.551. The fourth-order valence-electron chi connectivity index (χ4n) is 0. The monoisotopic (exact) mass is 252 g/mol. The van der Waals surface area contributed by atoms with E-state index in [2.05, 4.69) is 0 Å². The average Bonchev–Trinajstić information content (AvgIpc) is 0.811. The second-order valence-corrected chi connectivity index (χ2v) is 2.42. The van der Waals surface area contributed by atoms with Crippen LogP contribution in [0.5, 0.6) is 0 Å². The minimum atomic E-state index is -1.39. The average molecular weight is 251 g/mol. The maximum absolute atomic E-state index is 10.3. The predicted octanol–water partition coefficient (Wildman–Crippen LogP) is 0.560. The van der Waals surface area contributed by atoms with Crippen molar-refractivity contribution in [2.45, 2.75) is 0 Å². The first-order chi connectivity index (χ1) is 1.73. The van der Waals surface area contributed by atoms with E-state index in [-0.39, 0.29) is 0 Å². The van der Waals surface area contributed by atoms with Gasteiger partial charge in [0.1, 0.15) is 0 Å². The Morgan fingerprint density at radius 2 is 1.50 bits per heavy atom. The number of rotatable bonds is 0. The molecule has 4 heavy (non-hydrogen) atoms. The van der Waals surface area contributed by atoms with Crippen LogP contribution in [0.15, 0.2) is 0 Å². The third kappa shape index (κ3) is 16.7. The van der Waals surface area contributed by atoms with Gasteiger partial charge in [-0.1, -0.05) is 0 Å². The second kappa shape index (κ2) is 1.94. The molecule has 0 rings (SSSR count). The van der Waals surface area contributed by atoms with Gasteiger partial charge in [-0.05, 0) is 0 Å². The van der Waals surface area contributed by atoms with Crippen molar-refractivity contribution in [2.24, 2.45) is 0 Å². The molecule has 0 spiro atoms. The molecule has 0 aromatic carbocycles. The van der Waals surface area contributed by atoms with Crippen molar-refractivity contribution >= 4 is 3.51 Å². The van der Waals surface area contributed by atoms with E-state index in [9.17, 15) is 8.78 Å². The van der Waals surface area contributed by atoms with Gasteiger partial charge in [-0.15, -0.1) is 0 Å². The van der Waals surface area contributed by atoms with Crippen LogP contribution in [0.3, 0.4) is 0 Å². The van der Waals surface area contributed by atoms with Gasteiger partial charge in [0.25, 0.3) is 0 Å². The van der Waals surface area contributed by atoms with Gasteiger partial charge in [0, 0.05) is 0 Å². The molecular weight excluding hydrogens is 251 g/mol. The van der Waals surface area contributed by atoms with Gasteiger partial charge in [-0.25, -0.2) is 0 Å². The molecule has 0 aromatic heterocycles. The van der Waals surface area contributed by atoms with Gasteiger partial charge in [0.05, 0.1) is 0 Å². The van der Waals surface area contributed by atoms with Crippen molar-refractivity contribution in [3.8, 4) is 0 Å². The third-order valence-electron chi connectivity index (χ3n) is 0. The van der Waals surface area contributed by atoms with Gasteiger partial charge >= 0.3 is 37.9 Å². The molecule has 0 amide bonds. The fourth-order valence-corrected chi connectivity index (χ4v) is 0. The summed E-state index contributed by atoms with van der Waals surface area (Å²) < 4.78 is 19.3. The van der Waals surface area contributed by atoms with Crippen LogP contribution in [0.1, 0.15) is 0 Å². The Balaban J connectivity index is 2.80. The van der Waals surface area contributed by atoms with E-state index in [1.807, 2.05) is 0 Å². The molecule has 0 unspecified atom stereocenters. The molecule has 0 N–H and O–H groups in total. The van der Waals surface area contributed by atoms with Gasteiger partial charge in [0.15, 0.2) is 0 Å². The van der Waals surface area contributed by atoms with E-state index in [0.717, 1.165) is 0 Å². The number of hydrogen-bond donors (Lipinski definition) is 0. The Bertz CT molecular complexity index is 29.0. The number of halogens is 2. The van der Waals surface area contributed by atoms with Crippen LogP contribution in [0.4, 0.5) is 8.78 Å². The van der Waals surface area contributed by atoms with Gasteiger partial charge < -0.3 is 0 Å². The summed E-state index contributed by atoms with van der Waals surface area (Å²) in [5.74, 6) is 0. The van der Waals surface area contributed by atoms with Crippen LogP contribution in [0.25, 0.3) is 0 Å². The van der Waals surface area contributed by atoms with Crippen molar-refractivity contribution in [3.05, 3.63) is 0 Å². The Labute approximate surface area is 38.2 Å². The van der Waals surface area contributed by atoms with Gasteiger partial charge in [-0.3, -0.25) is 0 Å². The minimum absolute atomic E-state index is 0.395. The van der Waals surface area contributed by atoms with Crippen LogP contribution in [-0.4, -0.2) is 3.51 Å². The molecule has 0 saturated heterocycles. The SMILES string of the molecule is F[C](F)=[Hg]. The maximum atomic E-state index is 10.3. The molecule has 0 atom stereocenters. The summed E-state index contributed by atoms with van der Waals surface area (Å²) in [6, 6.07) is 0. The van der Waals surface area contributed by atoms with E-state index in [1.54, 1.807) is 0 Å². The molecule has 0 heterocycles. The van der Waals surface area contributed by atoms with Crippen LogP contribution in [0.2, 0.25) is 0 Å². The van der Waals surface area contributed by atoms with E-state index in [4.69, 9.17) is 0 Å². The Kier molecular flexibility index (Phi) is 2.26. The predicted molar refractivity (Wildman–Crippen MR) is 7.22 cm³/mol. The van der Waals surface area contributed by atoms with E-state index in [1.165, 1.54) is 0 Å². The summed E-state index contributed by atoms with van der Waals surface area (Å²) in [7, 11) is 0. The van der Waals surface area contributed by atoms with Crippen LogP contribution < -0.4 is 0 Å². The summed E-state index contributed by atoms with van der Waals surface area (Å²) in [6.45, 7) is 0. The van der Waals surface area contributed by atoms with Crippen LogP contribution >= 0.6 is 0 Å². The van der Waals surface area contributed by atoms with Crippen molar-refractivity contribution < 1.29 is 34.4 Å². The molecular formula is CF2Hg. The molecule has 0 saturated carbocycles. The molecule has 0 radical (unpaired) electrons. The Morgan fingerprint density at radius 1 is 1.50 bits per heavy atom. The van der Waals surface area contributed by atoms with E-state index >= 15 is 0 Å². The first-order valence-corrected chi connectivity index (χ1v) is 3.48. The first kappa shape index (κ1) is 4.67. The van der Waals surface area contributed by atoms with Gasteiger partial charge in [-0.2, -0.15) is 0 Å². The molecule has 0 aliphatic carbocycles. The van der Waals surface area contributed by atoms with Gasteiger partial charge in [0.2, 0.25) is 0 Å². The zero-order valence-corrected chi connectivity index (χ0v) is 7.46. The molecule has 0 aliphatic heterocycles. The zero-order valence-electron chi connectivity index (χ0n) is 1.96. The summed E-state index contributed by atoms with van der Waals surface area (Å²) in [5, 5.41) is 0. The zero-order chi connectivity index (χ0) is 3.58. The van der Waals surface area contributed by atoms with Crippen LogP contribution in [-0.2, 0) is 25.6 Å². The van der Waals surface area contributed by atoms with Crippen molar-refractivity contribution in [1.82, 2.24) is 0 Å². The summed E-state index contributed by atoms with van der Waals surface area (Å²) in [5.41, 5.74) is 0. The summed E-state index contributed by atoms with van der Waals surface area (Å²) in [6.07, 6.45) is 0.